The quantitative estimate of drug-likeness (QED) is 0.904. The monoisotopic (exact) mass is 352 g/mol. The Morgan fingerprint density at radius 1 is 1.43 bits per heavy atom. The SMILES string of the molecule is CCC(C)(C)NC(=O)C1CC(=O)N(c2ccccc2Br)C1. The van der Waals surface area contributed by atoms with Crippen LogP contribution >= 0.6 is 15.9 Å². The second kappa shape index (κ2) is 6.18. The number of benzene rings is 1. The van der Waals surface area contributed by atoms with E-state index < -0.39 is 0 Å². The largest absolute Gasteiger partial charge is 0.351 e. The van der Waals surface area contributed by atoms with Crippen LogP contribution in [0.3, 0.4) is 0 Å². The maximum atomic E-state index is 12.3. The maximum absolute atomic E-state index is 12.3. The van der Waals surface area contributed by atoms with E-state index in [-0.39, 0.29) is 29.7 Å². The minimum Gasteiger partial charge on any atom is -0.351 e. The van der Waals surface area contributed by atoms with Crippen molar-refractivity contribution in [1.82, 2.24) is 5.32 Å². The van der Waals surface area contributed by atoms with Gasteiger partial charge in [0, 0.05) is 23.0 Å². The number of hydrogen-bond donors (Lipinski definition) is 1. The fraction of sp³-hybridized carbons (Fsp3) is 0.500. The lowest BCUT2D eigenvalue weighted by Gasteiger charge is -2.26. The summed E-state index contributed by atoms with van der Waals surface area (Å²) in [4.78, 5) is 26.2. The maximum Gasteiger partial charge on any atom is 0.227 e. The van der Waals surface area contributed by atoms with Crippen molar-refractivity contribution in [2.45, 2.75) is 39.2 Å². The zero-order valence-electron chi connectivity index (χ0n) is 12.6. The van der Waals surface area contributed by atoms with Crippen molar-refractivity contribution in [3.63, 3.8) is 0 Å². The Bertz CT molecular complexity index is 557. The molecule has 114 valence electrons. The molecule has 0 spiro atoms. The second-order valence-corrected chi connectivity index (χ2v) is 6.94. The molecule has 1 aliphatic heterocycles. The van der Waals surface area contributed by atoms with Crippen molar-refractivity contribution >= 4 is 33.4 Å². The molecular weight excluding hydrogens is 332 g/mol. The second-order valence-electron chi connectivity index (χ2n) is 6.08. The molecule has 0 aromatic heterocycles. The molecule has 4 nitrogen and oxygen atoms in total. The van der Waals surface area contributed by atoms with Crippen LogP contribution in [-0.4, -0.2) is 23.9 Å². The van der Waals surface area contributed by atoms with Gasteiger partial charge in [0.05, 0.1) is 11.6 Å². The summed E-state index contributed by atoms with van der Waals surface area (Å²) in [5.74, 6) is -0.323. The van der Waals surface area contributed by atoms with Gasteiger partial charge in [-0.1, -0.05) is 19.1 Å². The molecule has 1 aromatic rings. The van der Waals surface area contributed by atoms with Crippen LogP contribution in [0, 0.1) is 5.92 Å². The highest BCUT2D eigenvalue weighted by molar-refractivity contribution is 9.10. The van der Waals surface area contributed by atoms with E-state index in [1.54, 1.807) is 4.90 Å². The van der Waals surface area contributed by atoms with Gasteiger partial charge in [0.2, 0.25) is 11.8 Å². The molecule has 21 heavy (non-hydrogen) atoms. The number of carbonyl (C=O) groups is 2. The van der Waals surface area contributed by atoms with Gasteiger partial charge in [0.1, 0.15) is 0 Å². The molecule has 0 radical (unpaired) electrons. The zero-order chi connectivity index (χ0) is 15.6. The Kier molecular flexibility index (Phi) is 4.71. The normalized spacial score (nSPS) is 19.0. The van der Waals surface area contributed by atoms with Gasteiger partial charge in [-0.15, -0.1) is 0 Å². The lowest BCUT2D eigenvalue weighted by Crippen LogP contribution is -2.46. The number of para-hydroxylation sites is 1. The van der Waals surface area contributed by atoms with Crippen LogP contribution in [0.25, 0.3) is 0 Å². The van der Waals surface area contributed by atoms with E-state index in [1.165, 1.54) is 0 Å². The predicted octanol–water partition coefficient (Wildman–Crippen LogP) is 3.11. The Morgan fingerprint density at radius 3 is 2.71 bits per heavy atom. The first-order valence-corrected chi connectivity index (χ1v) is 8.00. The topological polar surface area (TPSA) is 49.4 Å². The van der Waals surface area contributed by atoms with Crippen LogP contribution in [0.5, 0.6) is 0 Å². The van der Waals surface area contributed by atoms with E-state index in [0.717, 1.165) is 16.6 Å². The van der Waals surface area contributed by atoms with Crippen molar-refractivity contribution in [2.24, 2.45) is 5.92 Å². The van der Waals surface area contributed by atoms with Crippen LogP contribution in [0.15, 0.2) is 28.7 Å². The van der Waals surface area contributed by atoms with Gasteiger partial charge in [-0.25, -0.2) is 0 Å². The van der Waals surface area contributed by atoms with E-state index in [1.807, 2.05) is 45.0 Å². The van der Waals surface area contributed by atoms with Crippen molar-refractivity contribution in [3.05, 3.63) is 28.7 Å². The van der Waals surface area contributed by atoms with Crippen LogP contribution in [0.2, 0.25) is 0 Å². The molecule has 2 rings (SSSR count). The Balaban J connectivity index is 2.10. The van der Waals surface area contributed by atoms with Gasteiger partial charge in [-0.3, -0.25) is 9.59 Å². The summed E-state index contributed by atoms with van der Waals surface area (Å²) in [6, 6.07) is 7.58. The Morgan fingerprint density at radius 2 is 2.10 bits per heavy atom. The minimum absolute atomic E-state index is 0.00338. The fourth-order valence-electron chi connectivity index (χ4n) is 2.31. The van der Waals surface area contributed by atoms with Crippen molar-refractivity contribution in [2.75, 3.05) is 11.4 Å². The summed E-state index contributed by atoms with van der Waals surface area (Å²) in [7, 11) is 0. The fourth-order valence-corrected chi connectivity index (χ4v) is 2.81. The molecule has 1 unspecified atom stereocenters. The highest BCUT2D eigenvalue weighted by Gasteiger charge is 2.37. The highest BCUT2D eigenvalue weighted by atomic mass is 79.9. The summed E-state index contributed by atoms with van der Waals surface area (Å²) in [6.45, 7) is 6.46. The lowest BCUT2D eigenvalue weighted by molar-refractivity contribution is -0.127. The summed E-state index contributed by atoms with van der Waals surface area (Å²) in [6.07, 6.45) is 1.13. The van der Waals surface area contributed by atoms with Gasteiger partial charge >= 0.3 is 0 Å². The van der Waals surface area contributed by atoms with Crippen LogP contribution in [-0.2, 0) is 9.59 Å². The molecule has 1 atom stereocenters. The first kappa shape index (κ1) is 16.0. The molecule has 1 aliphatic rings. The summed E-state index contributed by atoms with van der Waals surface area (Å²) in [5, 5.41) is 3.03. The number of halogens is 1. The number of nitrogens with one attached hydrogen (secondary N) is 1. The van der Waals surface area contributed by atoms with E-state index in [9.17, 15) is 9.59 Å². The first-order chi connectivity index (χ1) is 9.84. The number of nitrogens with zero attached hydrogens (tertiary/aromatic N) is 1. The number of hydrogen-bond acceptors (Lipinski definition) is 2. The Labute approximate surface area is 134 Å². The number of carbonyl (C=O) groups excluding carboxylic acids is 2. The minimum atomic E-state index is -0.282. The third-order valence-corrected chi connectivity index (χ3v) is 4.66. The first-order valence-electron chi connectivity index (χ1n) is 7.21. The molecule has 1 fully saturated rings. The molecule has 1 saturated heterocycles. The standard InChI is InChI=1S/C16H21BrN2O2/c1-4-16(2,3)18-15(21)11-9-14(20)19(10-11)13-8-6-5-7-12(13)17/h5-8,11H,4,9-10H2,1-3H3,(H,18,21). The average molecular weight is 353 g/mol. The third-order valence-electron chi connectivity index (χ3n) is 3.98. The summed E-state index contributed by atoms with van der Waals surface area (Å²) in [5.41, 5.74) is 0.591. The Hall–Kier alpha value is -1.36. The van der Waals surface area contributed by atoms with Crippen molar-refractivity contribution in [1.29, 1.82) is 0 Å². The van der Waals surface area contributed by atoms with Gasteiger partial charge in [-0.2, -0.15) is 0 Å². The molecule has 2 amide bonds. The van der Waals surface area contributed by atoms with Crippen molar-refractivity contribution in [3.8, 4) is 0 Å². The van der Waals surface area contributed by atoms with Crippen molar-refractivity contribution < 1.29 is 9.59 Å². The third kappa shape index (κ3) is 3.64. The molecule has 0 aliphatic carbocycles. The average Bonchev–Trinajstić information content (AvgIpc) is 2.81. The van der Waals surface area contributed by atoms with Gasteiger partial charge in [0.15, 0.2) is 0 Å². The van der Waals surface area contributed by atoms with E-state index >= 15 is 0 Å². The highest BCUT2D eigenvalue weighted by Crippen LogP contribution is 2.31. The molecule has 1 heterocycles. The molecule has 0 bridgehead atoms. The smallest absolute Gasteiger partial charge is 0.227 e. The number of rotatable bonds is 4. The van der Waals surface area contributed by atoms with E-state index in [0.29, 0.717) is 6.54 Å². The number of anilines is 1. The van der Waals surface area contributed by atoms with Gasteiger partial charge in [0.25, 0.3) is 0 Å². The predicted molar refractivity (Wildman–Crippen MR) is 87.1 cm³/mol. The molecule has 5 heteroatoms. The van der Waals surface area contributed by atoms with Crippen LogP contribution < -0.4 is 10.2 Å². The van der Waals surface area contributed by atoms with E-state index in [2.05, 4.69) is 21.2 Å². The number of amides is 2. The zero-order valence-corrected chi connectivity index (χ0v) is 14.2. The molecule has 1 aromatic carbocycles. The van der Waals surface area contributed by atoms with Crippen LogP contribution in [0.4, 0.5) is 5.69 Å². The van der Waals surface area contributed by atoms with Gasteiger partial charge < -0.3 is 10.2 Å². The van der Waals surface area contributed by atoms with Gasteiger partial charge in [-0.05, 0) is 48.3 Å². The summed E-state index contributed by atoms with van der Waals surface area (Å²) < 4.78 is 0.869. The molecule has 0 saturated carbocycles. The summed E-state index contributed by atoms with van der Waals surface area (Å²) >= 11 is 3.46. The van der Waals surface area contributed by atoms with Crippen LogP contribution in [0.1, 0.15) is 33.6 Å². The lowest BCUT2D eigenvalue weighted by atomic mass is 9.99. The molecular formula is C16H21BrN2O2. The molecule has 1 N–H and O–H groups in total. The van der Waals surface area contributed by atoms with E-state index in [4.69, 9.17) is 0 Å².